The molecule has 3 rings (SSSR count). The second kappa shape index (κ2) is 5.15. The molecule has 0 N–H and O–H groups in total. The Morgan fingerprint density at radius 2 is 1.68 bits per heavy atom. The Morgan fingerprint density at radius 3 is 2.47 bits per heavy atom. The van der Waals surface area contributed by atoms with Crippen LogP contribution >= 0.6 is 0 Å². The molecule has 0 saturated carbocycles. The fraction of sp³-hybridized carbons (Fsp3) is 0.111. The van der Waals surface area contributed by atoms with Gasteiger partial charge in [-0.2, -0.15) is 0 Å². The van der Waals surface area contributed by atoms with Crippen molar-refractivity contribution >= 4 is 11.3 Å². The summed E-state index contributed by atoms with van der Waals surface area (Å²) in [6.45, 7) is 2.99. The van der Waals surface area contributed by atoms with Crippen molar-refractivity contribution < 1.29 is 0 Å². The number of fused-ring (bicyclic) bond motifs is 1. The van der Waals surface area contributed by atoms with Crippen molar-refractivity contribution in [3.05, 3.63) is 84.1 Å². The summed E-state index contributed by atoms with van der Waals surface area (Å²) in [7, 11) is 0. The number of nitrogens with zero attached hydrogens (tertiary/aromatic N) is 1. The van der Waals surface area contributed by atoms with Gasteiger partial charge in [-0.3, -0.25) is 0 Å². The van der Waals surface area contributed by atoms with Crippen molar-refractivity contribution in [2.45, 2.75) is 13.5 Å². The quantitative estimate of drug-likeness (QED) is 0.748. The number of anilines is 1. The first-order valence-electron chi connectivity index (χ1n) is 6.63. The molecular weight excluding hydrogens is 230 g/mol. The molecule has 0 atom stereocenters. The largest absolute Gasteiger partial charge is 0.343 e. The molecule has 0 saturated heterocycles. The predicted octanol–water partition coefficient (Wildman–Crippen LogP) is 4.62. The molecule has 0 amide bonds. The fourth-order valence-electron chi connectivity index (χ4n) is 2.48. The lowest BCUT2D eigenvalue weighted by Crippen LogP contribution is -2.19. The minimum Gasteiger partial charge on any atom is -0.343 e. The Kier molecular flexibility index (Phi) is 3.20. The van der Waals surface area contributed by atoms with Crippen LogP contribution in [0.2, 0.25) is 0 Å². The standard InChI is InChI=1S/C18H17N/c1-2-16-12-13-19(14-15-8-4-3-5-9-15)18-11-7-6-10-17(16)18/h2-13H,14H2,1H3/b16-2-. The predicted molar refractivity (Wildman–Crippen MR) is 81.9 cm³/mol. The summed E-state index contributed by atoms with van der Waals surface area (Å²) in [5.41, 5.74) is 5.20. The highest BCUT2D eigenvalue weighted by Gasteiger charge is 2.15. The molecule has 1 heteroatoms. The normalized spacial score (nSPS) is 15.6. The zero-order valence-electron chi connectivity index (χ0n) is 11.1. The molecule has 0 bridgehead atoms. The second-order valence-electron chi connectivity index (χ2n) is 4.69. The molecule has 0 fully saturated rings. The maximum Gasteiger partial charge on any atom is 0.0488 e. The van der Waals surface area contributed by atoms with Crippen LogP contribution in [0.4, 0.5) is 5.69 Å². The van der Waals surface area contributed by atoms with Gasteiger partial charge < -0.3 is 4.90 Å². The van der Waals surface area contributed by atoms with E-state index in [4.69, 9.17) is 0 Å². The van der Waals surface area contributed by atoms with Gasteiger partial charge in [-0.1, -0.05) is 54.6 Å². The Labute approximate surface area is 114 Å². The summed E-state index contributed by atoms with van der Waals surface area (Å²) in [5, 5.41) is 0. The molecule has 2 aromatic carbocycles. The van der Waals surface area contributed by atoms with Crippen molar-refractivity contribution in [1.29, 1.82) is 0 Å². The minimum absolute atomic E-state index is 0.908. The number of para-hydroxylation sites is 1. The van der Waals surface area contributed by atoms with E-state index in [0.29, 0.717) is 0 Å². The molecule has 0 unspecified atom stereocenters. The van der Waals surface area contributed by atoms with Crippen molar-refractivity contribution in [2.24, 2.45) is 0 Å². The van der Waals surface area contributed by atoms with E-state index in [1.165, 1.54) is 22.4 Å². The third-order valence-corrected chi connectivity index (χ3v) is 3.47. The third kappa shape index (κ3) is 2.32. The van der Waals surface area contributed by atoms with E-state index in [-0.39, 0.29) is 0 Å². The van der Waals surface area contributed by atoms with Crippen molar-refractivity contribution in [3.8, 4) is 0 Å². The van der Waals surface area contributed by atoms with Crippen molar-refractivity contribution in [3.63, 3.8) is 0 Å². The van der Waals surface area contributed by atoms with Gasteiger partial charge in [0.1, 0.15) is 0 Å². The molecule has 1 nitrogen and oxygen atoms in total. The molecule has 0 aromatic heterocycles. The molecule has 1 aliphatic rings. The average molecular weight is 247 g/mol. The Balaban J connectivity index is 1.96. The zero-order valence-corrected chi connectivity index (χ0v) is 11.1. The van der Waals surface area contributed by atoms with E-state index in [2.05, 4.69) is 84.8 Å². The highest BCUT2D eigenvalue weighted by atomic mass is 15.1. The van der Waals surface area contributed by atoms with Crippen LogP contribution in [-0.4, -0.2) is 0 Å². The van der Waals surface area contributed by atoms with Crippen LogP contribution in [0.25, 0.3) is 5.57 Å². The van der Waals surface area contributed by atoms with Gasteiger partial charge in [-0.15, -0.1) is 0 Å². The molecule has 2 aromatic rings. The van der Waals surface area contributed by atoms with Crippen LogP contribution in [0.15, 0.2) is 72.9 Å². The zero-order chi connectivity index (χ0) is 13.1. The lowest BCUT2D eigenvalue weighted by molar-refractivity contribution is 0.960. The van der Waals surface area contributed by atoms with Crippen molar-refractivity contribution in [1.82, 2.24) is 0 Å². The number of hydrogen-bond donors (Lipinski definition) is 0. The van der Waals surface area contributed by atoms with E-state index >= 15 is 0 Å². The number of allylic oxidation sites excluding steroid dienone is 3. The van der Waals surface area contributed by atoms with Crippen LogP contribution in [-0.2, 0) is 6.54 Å². The van der Waals surface area contributed by atoms with Gasteiger partial charge in [-0.05, 0) is 30.2 Å². The lowest BCUT2D eigenvalue weighted by Gasteiger charge is -2.27. The van der Waals surface area contributed by atoms with Crippen molar-refractivity contribution in [2.75, 3.05) is 4.90 Å². The first-order valence-corrected chi connectivity index (χ1v) is 6.63. The van der Waals surface area contributed by atoms with Gasteiger partial charge in [0.25, 0.3) is 0 Å². The summed E-state index contributed by atoms with van der Waals surface area (Å²) >= 11 is 0. The maximum atomic E-state index is 2.30. The SMILES string of the molecule is C/C=C1/C=CN(Cc2ccccc2)c2ccccc21. The van der Waals surface area contributed by atoms with Gasteiger partial charge in [-0.25, -0.2) is 0 Å². The summed E-state index contributed by atoms with van der Waals surface area (Å²) < 4.78 is 0. The topological polar surface area (TPSA) is 3.24 Å². The molecule has 0 aliphatic carbocycles. The highest BCUT2D eigenvalue weighted by molar-refractivity contribution is 5.85. The summed E-state index contributed by atoms with van der Waals surface area (Å²) in [6, 6.07) is 19.1. The summed E-state index contributed by atoms with van der Waals surface area (Å²) in [5.74, 6) is 0. The Morgan fingerprint density at radius 1 is 0.947 bits per heavy atom. The first kappa shape index (κ1) is 11.8. The number of benzene rings is 2. The van der Waals surface area contributed by atoms with Gasteiger partial charge in [0.05, 0.1) is 0 Å². The average Bonchev–Trinajstić information content (AvgIpc) is 2.49. The molecule has 0 radical (unpaired) electrons. The van der Waals surface area contributed by atoms with E-state index in [9.17, 15) is 0 Å². The van der Waals surface area contributed by atoms with Gasteiger partial charge in [0, 0.05) is 24.0 Å². The van der Waals surface area contributed by atoms with E-state index in [1.54, 1.807) is 0 Å². The lowest BCUT2D eigenvalue weighted by atomic mass is 9.99. The van der Waals surface area contributed by atoms with Crippen LogP contribution in [0.1, 0.15) is 18.1 Å². The summed E-state index contributed by atoms with van der Waals surface area (Å²) in [4.78, 5) is 2.30. The Bertz CT molecular complexity index is 623. The number of rotatable bonds is 2. The monoisotopic (exact) mass is 247 g/mol. The van der Waals surface area contributed by atoms with E-state index < -0.39 is 0 Å². The van der Waals surface area contributed by atoms with Gasteiger partial charge in [0.15, 0.2) is 0 Å². The highest BCUT2D eigenvalue weighted by Crippen LogP contribution is 2.33. The molecule has 19 heavy (non-hydrogen) atoms. The Hall–Kier alpha value is -2.28. The number of hydrogen-bond acceptors (Lipinski definition) is 1. The minimum atomic E-state index is 0.908. The van der Waals surface area contributed by atoms with E-state index in [0.717, 1.165) is 6.54 Å². The summed E-state index contributed by atoms with van der Waals surface area (Å²) in [6.07, 6.45) is 6.52. The molecule has 1 aliphatic heterocycles. The van der Waals surface area contributed by atoms with Gasteiger partial charge in [0.2, 0.25) is 0 Å². The molecular formula is C18H17N. The molecule has 1 heterocycles. The third-order valence-electron chi connectivity index (χ3n) is 3.47. The van der Waals surface area contributed by atoms with E-state index in [1.807, 2.05) is 0 Å². The van der Waals surface area contributed by atoms with Crippen LogP contribution in [0.5, 0.6) is 0 Å². The van der Waals surface area contributed by atoms with Crippen LogP contribution < -0.4 is 4.90 Å². The second-order valence-corrected chi connectivity index (χ2v) is 4.69. The molecule has 0 spiro atoms. The maximum absolute atomic E-state index is 2.30. The van der Waals surface area contributed by atoms with Crippen LogP contribution in [0, 0.1) is 0 Å². The smallest absolute Gasteiger partial charge is 0.0488 e. The molecule has 94 valence electrons. The van der Waals surface area contributed by atoms with Gasteiger partial charge >= 0.3 is 0 Å². The van der Waals surface area contributed by atoms with Crippen LogP contribution in [0.3, 0.4) is 0 Å². The fourth-order valence-corrected chi connectivity index (χ4v) is 2.48. The first-order chi connectivity index (χ1) is 9.38.